The Morgan fingerprint density at radius 3 is 0.957 bits per heavy atom. The molecule has 658 valence electrons. The summed E-state index contributed by atoms with van der Waals surface area (Å²) in [6.45, 7) is 6.68. The van der Waals surface area contributed by atoms with E-state index in [4.69, 9.17) is 24.4 Å². The van der Waals surface area contributed by atoms with Crippen molar-refractivity contribution in [2.45, 2.75) is 6.92 Å². The van der Waals surface area contributed by atoms with E-state index in [0.29, 0.717) is 11.6 Å². The molecule has 29 aromatic rings. The standard InChI is InChI=1S/C129H80N10OS/c1-3-33-106-86(4-2)87-38-11-22-49-107(87)134(106)118-72-84(105-77-103(131-129(133-105)79-36-9-6-10-37-79)83-63-67-125-101(71-83)97-48-21-32-59-124(97)141-125)74-120(126(118)138-112-54-27-14-41-90(112)91-42-15-28-55-113(91)138)136-110-52-25-18-45-94(110)98-68-80(60-64-116(98)136)81-61-65-117-99(69-81)95-46-19-26-53-111(95)137(117)121-75-85(104-76-102(130-128(132-104)78-34-7-5-8-35-78)82-62-66-123-100(70-82)96-47-20-31-58-122(96)140-123)73-119(135-108-50-23-12-39-88(108)89-40-13-24-51-109(89)135)127(121)139-114-56-29-16-43-92(114)93-44-17-30-57-115(93)139/h3-77H,2H2,1H3/b33-3-. The smallest absolute Gasteiger partial charge is 0.160 e. The molecule has 10 heterocycles. The van der Waals surface area contributed by atoms with Crippen LogP contribution in [0.3, 0.4) is 0 Å². The highest BCUT2D eigenvalue weighted by atomic mass is 32.1. The summed E-state index contributed by atoms with van der Waals surface area (Å²) in [4.78, 5) is 22.6. The number of fused-ring (bicyclic) bond motifs is 22. The SMILES string of the molecule is C=Cc1c(/C=C\C)n(-c2cc(-c3cc(-c4ccc5sc6ccccc6c5c4)nc(-c4ccccc4)n3)cc(-n3c4ccccc4c4cc(-c5ccc6c(c5)c5ccccc5n6-c5cc(-c6cc(-c7ccc8oc9ccccc9c8c7)nc(-c7ccccc7)n6)cc(-n6c7ccccc7c7ccccc76)c5-n5c6ccccc6c6ccccc65)ccc43)c2-n2c3ccccc3c3ccccc32)c2ccccc12. The molecule has 0 N–H and O–H groups in total. The Kier molecular flexibility index (Phi) is 17.8. The third kappa shape index (κ3) is 12.3. The fourth-order valence-electron chi connectivity index (χ4n) is 22.7. The lowest BCUT2D eigenvalue weighted by molar-refractivity contribution is 0.669. The third-order valence-electron chi connectivity index (χ3n) is 28.9. The van der Waals surface area contributed by atoms with Gasteiger partial charge in [0, 0.05) is 129 Å². The Labute approximate surface area is 812 Å². The van der Waals surface area contributed by atoms with Crippen molar-refractivity contribution in [3.8, 4) is 113 Å². The number of nitrogens with zero attached hydrogens (tertiary/aromatic N) is 10. The zero-order chi connectivity index (χ0) is 92.8. The van der Waals surface area contributed by atoms with Crippen LogP contribution in [0.1, 0.15) is 18.2 Å². The second-order valence-corrected chi connectivity index (χ2v) is 37.7. The van der Waals surface area contributed by atoms with Crippen LogP contribution in [0.4, 0.5) is 0 Å². The molecule has 0 radical (unpaired) electrons. The molecule has 0 spiro atoms. The minimum Gasteiger partial charge on any atom is -0.456 e. The normalized spacial score (nSPS) is 12.1. The number of rotatable bonds is 15. The molecule has 0 aliphatic rings. The van der Waals surface area contributed by atoms with Gasteiger partial charge in [0.2, 0.25) is 0 Å². The average Bonchev–Trinajstić information content (AvgIpc) is 1.55. The van der Waals surface area contributed by atoms with E-state index in [2.05, 4.69) is 478 Å². The Bertz CT molecular complexity index is 10200. The number of hydrogen-bond donors (Lipinski definition) is 0. The van der Waals surface area contributed by atoms with E-state index in [9.17, 15) is 0 Å². The zero-order valence-electron chi connectivity index (χ0n) is 76.3. The van der Waals surface area contributed by atoms with E-state index in [1.165, 1.54) is 20.2 Å². The van der Waals surface area contributed by atoms with Gasteiger partial charge in [-0.05, 0) is 182 Å². The summed E-state index contributed by atoms with van der Waals surface area (Å²) < 4.78 is 24.1. The Hall–Kier alpha value is -18.6. The van der Waals surface area contributed by atoms with E-state index < -0.39 is 0 Å². The van der Waals surface area contributed by atoms with Gasteiger partial charge in [0.25, 0.3) is 0 Å². The van der Waals surface area contributed by atoms with Gasteiger partial charge < -0.3 is 31.8 Å². The van der Waals surface area contributed by atoms with Crippen molar-refractivity contribution in [1.29, 1.82) is 0 Å². The number of furan rings is 1. The molecular weight excluding hydrogens is 1740 g/mol. The van der Waals surface area contributed by atoms with E-state index in [1.54, 1.807) is 0 Å². The van der Waals surface area contributed by atoms with Gasteiger partial charge in [-0.3, -0.25) is 0 Å². The minimum atomic E-state index is 0.609. The van der Waals surface area contributed by atoms with E-state index in [0.717, 1.165) is 255 Å². The van der Waals surface area contributed by atoms with Crippen molar-refractivity contribution in [2.75, 3.05) is 0 Å². The first kappa shape index (κ1) is 79.7. The fraction of sp³-hybridized carbons (Fsp3) is 0.00775. The molecule has 10 aromatic heterocycles. The molecule has 0 aliphatic carbocycles. The van der Waals surface area contributed by atoms with Gasteiger partial charge in [-0.2, -0.15) is 0 Å². The molecule has 12 heteroatoms. The highest BCUT2D eigenvalue weighted by molar-refractivity contribution is 7.25. The van der Waals surface area contributed by atoms with Crippen molar-refractivity contribution in [3.63, 3.8) is 0 Å². The van der Waals surface area contributed by atoms with Crippen LogP contribution in [0, 0.1) is 0 Å². The number of hydrogen-bond acceptors (Lipinski definition) is 6. The molecule has 11 nitrogen and oxygen atoms in total. The molecule has 29 rings (SSSR count). The molecule has 0 saturated heterocycles. The van der Waals surface area contributed by atoms with Gasteiger partial charge in [-0.25, -0.2) is 19.9 Å². The second kappa shape index (κ2) is 31.5. The van der Waals surface area contributed by atoms with Crippen LogP contribution < -0.4 is 0 Å². The molecule has 0 amide bonds. The van der Waals surface area contributed by atoms with Gasteiger partial charge >= 0.3 is 0 Å². The maximum Gasteiger partial charge on any atom is 0.160 e. The molecule has 0 aliphatic heterocycles. The summed E-state index contributed by atoms with van der Waals surface area (Å²) in [6, 6.07) is 159. The van der Waals surface area contributed by atoms with Crippen molar-refractivity contribution in [1.82, 2.24) is 47.3 Å². The summed E-state index contributed by atoms with van der Waals surface area (Å²) in [5, 5.41) is 16.9. The number of thiophene rings is 1. The molecule has 19 aromatic carbocycles. The first-order valence-electron chi connectivity index (χ1n) is 47.9. The van der Waals surface area contributed by atoms with Crippen LogP contribution in [-0.2, 0) is 0 Å². The zero-order valence-corrected chi connectivity index (χ0v) is 77.1. The largest absolute Gasteiger partial charge is 0.456 e. The Morgan fingerprint density at radius 2 is 0.532 bits per heavy atom. The van der Waals surface area contributed by atoms with Gasteiger partial charge in [-0.1, -0.05) is 298 Å². The number of aromatic nitrogens is 10. The topological polar surface area (TPSA) is 94.3 Å². The number of benzene rings is 19. The van der Waals surface area contributed by atoms with Gasteiger partial charge in [-0.15, -0.1) is 11.3 Å². The maximum absolute atomic E-state index is 6.48. The highest BCUT2D eigenvalue weighted by Gasteiger charge is 2.32. The maximum atomic E-state index is 6.48. The first-order valence-corrected chi connectivity index (χ1v) is 48.7. The summed E-state index contributed by atoms with van der Waals surface area (Å²) in [5.41, 5.74) is 31.9. The molecule has 0 unspecified atom stereocenters. The molecule has 0 bridgehead atoms. The van der Waals surface area contributed by atoms with E-state index in [-0.39, 0.29) is 0 Å². The highest BCUT2D eigenvalue weighted by Crippen LogP contribution is 2.51. The van der Waals surface area contributed by atoms with Crippen LogP contribution in [0.2, 0.25) is 0 Å². The molecule has 0 fully saturated rings. The molecule has 141 heavy (non-hydrogen) atoms. The van der Waals surface area contributed by atoms with Gasteiger partial charge in [0.05, 0.1) is 123 Å². The first-order chi connectivity index (χ1) is 69.8. The molecule has 0 saturated carbocycles. The van der Waals surface area contributed by atoms with Crippen molar-refractivity contribution in [2.24, 2.45) is 0 Å². The van der Waals surface area contributed by atoms with E-state index in [1.807, 2.05) is 29.5 Å². The van der Waals surface area contributed by atoms with E-state index >= 15 is 0 Å². The Balaban J connectivity index is 0.688. The lowest BCUT2D eigenvalue weighted by Gasteiger charge is -2.24. The van der Waals surface area contributed by atoms with Crippen molar-refractivity contribution < 1.29 is 4.42 Å². The van der Waals surface area contributed by atoms with Gasteiger partial charge in [0.1, 0.15) is 11.2 Å². The van der Waals surface area contributed by atoms with Crippen LogP contribution in [0.15, 0.2) is 454 Å². The monoisotopic (exact) mass is 1820 g/mol. The quantitative estimate of drug-likeness (QED) is 0.102. The Morgan fingerprint density at radius 1 is 0.227 bits per heavy atom. The number of allylic oxidation sites excluding steroid dienone is 1. The summed E-state index contributed by atoms with van der Waals surface area (Å²) >= 11 is 1.82. The second-order valence-electron chi connectivity index (χ2n) is 36.6. The molecular formula is C129H80N10OS. The van der Waals surface area contributed by atoms with Crippen molar-refractivity contribution in [3.05, 3.63) is 461 Å². The number of para-hydroxylation sites is 10. The van der Waals surface area contributed by atoms with Crippen molar-refractivity contribution >= 4 is 186 Å². The average molecular weight is 1820 g/mol. The summed E-state index contributed by atoms with van der Waals surface area (Å²) in [7, 11) is 0. The van der Waals surface area contributed by atoms with Crippen LogP contribution in [0.25, 0.3) is 287 Å². The lowest BCUT2D eigenvalue weighted by atomic mass is 10.0. The van der Waals surface area contributed by atoms with Crippen LogP contribution in [0.5, 0.6) is 0 Å². The van der Waals surface area contributed by atoms with Gasteiger partial charge in [0.15, 0.2) is 11.6 Å². The predicted octanol–water partition coefficient (Wildman–Crippen LogP) is 34.3. The predicted molar refractivity (Wildman–Crippen MR) is 589 cm³/mol. The molecule has 0 atom stereocenters. The third-order valence-corrected chi connectivity index (χ3v) is 30.1. The fourth-order valence-corrected chi connectivity index (χ4v) is 23.8. The summed E-state index contributed by atoms with van der Waals surface area (Å²) in [6.07, 6.45) is 6.41. The summed E-state index contributed by atoms with van der Waals surface area (Å²) in [5.74, 6) is 1.23. The minimum absolute atomic E-state index is 0.609. The van der Waals surface area contributed by atoms with Crippen LogP contribution >= 0.6 is 11.3 Å². The lowest BCUT2D eigenvalue weighted by Crippen LogP contribution is -2.11. The van der Waals surface area contributed by atoms with Crippen LogP contribution in [-0.4, -0.2) is 47.3 Å².